The Morgan fingerprint density at radius 2 is 2.13 bits per heavy atom. The summed E-state index contributed by atoms with van der Waals surface area (Å²) in [7, 11) is 1.59. The number of ether oxygens (including phenoxy) is 1. The molecule has 0 aliphatic heterocycles. The number of ketones is 1. The van der Waals surface area contributed by atoms with Crippen molar-refractivity contribution in [1.82, 2.24) is 0 Å². The second-order valence-electron chi connectivity index (χ2n) is 3.08. The van der Waals surface area contributed by atoms with Crippen molar-refractivity contribution in [1.29, 1.82) is 0 Å². The fourth-order valence-corrected chi connectivity index (χ4v) is 1.21. The van der Waals surface area contributed by atoms with Crippen molar-refractivity contribution in [3.8, 4) is 0 Å². The predicted molar refractivity (Wildman–Crippen MR) is 54.0 cm³/mol. The third-order valence-corrected chi connectivity index (χ3v) is 1.98. The lowest BCUT2D eigenvalue weighted by molar-refractivity contribution is -0.131. The van der Waals surface area contributed by atoms with Gasteiger partial charge in [-0.1, -0.05) is 18.2 Å². The minimum atomic E-state index is -1.43. The summed E-state index contributed by atoms with van der Waals surface area (Å²) in [6.45, 7) is 0.546. The molecule has 0 amide bonds. The molecule has 1 rings (SSSR count). The minimum Gasteiger partial charge on any atom is -0.475 e. The van der Waals surface area contributed by atoms with Gasteiger partial charge >= 0.3 is 5.97 Å². The maximum atomic E-state index is 11.1. The first-order valence-corrected chi connectivity index (χ1v) is 4.50. The van der Waals surface area contributed by atoms with Crippen LogP contribution in [0, 0.1) is 0 Å². The Labute approximate surface area is 87.5 Å². The first-order valence-electron chi connectivity index (χ1n) is 4.50. The molecule has 4 nitrogen and oxygen atoms in total. The van der Waals surface area contributed by atoms with Crippen LogP contribution in [0.25, 0.3) is 0 Å². The van der Waals surface area contributed by atoms with Gasteiger partial charge in [0.2, 0.25) is 0 Å². The second kappa shape index (κ2) is 5.26. The highest BCUT2D eigenvalue weighted by atomic mass is 16.5. The number of hydrogen-bond donors (Lipinski definition) is 1. The quantitative estimate of drug-likeness (QED) is 0.582. The average molecular weight is 208 g/mol. The zero-order valence-electron chi connectivity index (χ0n) is 8.40. The number of benzene rings is 1. The summed E-state index contributed by atoms with van der Waals surface area (Å²) in [5.41, 5.74) is 1.10. The van der Waals surface area contributed by atoms with Gasteiger partial charge in [0, 0.05) is 12.7 Å². The van der Waals surface area contributed by atoms with E-state index in [0.29, 0.717) is 13.0 Å². The fraction of sp³-hybridized carbons (Fsp3) is 0.273. The lowest BCUT2D eigenvalue weighted by Crippen LogP contribution is -2.12. The Balaban J connectivity index is 2.82. The van der Waals surface area contributed by atoms with Crippen LogP contribution in [0.1, 0.15) is 15.9 Å². The Kier molecular flexibility index (Phi) is 4.00. The Morgan fingerprint density at radius 1 is 1.40 bits per heavy atom. The van der Waals surface area contributed by atoms with Crippen molar-refractivity contribution in [2.75, 3.05) is 13.7 Å². The minimum absolute atomic E-state index is 0.205. The van der Waals surface area contributed by atoms with Crippen molar-refractivity contribution in [2.24, 2.45) is 0 Å². The van der Waals surface area contributed by atoms with Crippen LogP contribution in [0.4, 0.5) is 0 Å². The zero-order valence-corrected chi connectivity index (χ0v) is 8.40. The lowest BCUT2D eigenvalue weighted by Gasteiger charge is -2.02. The first kappa shape index (κ1) is 11.4. The molecule has 0 aliphatic carbocycles. The van der Waals surface area contributed by atoms with Gasteiger partial charge in [-0.3, -0.25) is 4.79 Å². The van der Waals surface area contributed by atoms with Crippen LogP contribution in [0.2, 0.25) is 0 Å². The Morgan fingerprint density at radius 3 is 2.73 bits per heavy atom. The Hall–Kier alpha value is -1.68. The van der Waals surface area contributed by atoms with Crippen molar-refractivity contribution >= 4 is 11.8 Å². The van der Waals surface area contributed by atoms with E-state index in [2.05, 4.69) is 0 Å². The van der Waals surface area contributed by atoms with Crippen LogP contribution < -0.4 is 0 Å². The number of carboxylic acid groups (broad SMARTS) is 1. The van der Waals surface area contributed by atoms with Crippen molar-refractivity contribution in [3.05, 3.63) is 35.4 Å². The molecule has 0 spiro atoms. The van der Waals surface area contributed by atoms with Gasteiger partial charge in [-0.15, -0.1) is 0 Å². The topological polar surface area (TPSA) is 63.6 Å². The van der Waals surface area contributed by atoms with E-state index >= 15 is 0 Å². The van der Waals surface area contributed by atoms with Crippen LogP contribution >= 0.6 is 0 Å². The summed E-state index contributed by atoms with van der Waals surface area (Å²) in [6, 6.07) is 6.57. The van der Waals surface area contributed by atoms with E-state index in [1.54, 1.807) is 19.2 Å². The van der Waals surface area contributed by atoms with E-state index in [0.717, 1.165) is 5.56 Å². The number of carbonyl (C=O) groups excluding carboxylic acids is 1. The molecule has 1 aromatic rings. The van der Waals surface area contributed by atoms with Crippen molar-refractivity contribution in [3.63, 3.8) is 0 Å². The van der Waals surface area contributed by atoms with Crippen LogP contribution in [0.5, 0.6) is 0 Å². The number of carboxylic acids is 1. The molecule has 0 atom stereocenters. The van der Waals surface area contributed by atoms with E-state index in [-0.39, 0.29) is 5.56 Å². The van der Waals surface area contributed by atoms with E-state index in [1.165, 1.54) is 6.07 Å². The second-order valence-corrected chi connectivity index (χ2v) is 3.08. The molecule has 4 heteroatoms. The number of hydrogen-bond acceptors (Lipinski definition) is 3. The smallest absolute Gasteiger partial charge is 0.377 e. The molecule has 0 radical (unpaired) electrons. The van der Waals surface area contributed by atoms with Gasteiger partial charge < -0.3 is 9.84 Å². The molecule has 0 saturated carbocycles. The molecule has 1 N–H and O–H groups in total. The summed E-state index contributed by atoms with van der Waals surface area (Å²) in [5, 5.41) is 8.53. The van der Waals surface area contributed by atoms with Crippen LogP contribution in [-0.4, -0.2) is 30.6 Å². The zero-order chi connectivity index (χ0) is 11.3. The molecule has 0 bridgehead atoms. The Bertz CT molecular complexity index is 371. The molecular formula is C11H12O4. The van der Waals surface area contributed by atoms with Crippen LogP contribution in [-0.2, 0) is 16.0 Å². The molecule has 80 valence electrons. The summed E-state index contributed by atoms with van der Waals surface area (Å²) >= 11 is 0. The SMILES string of the molecule is COCCc1cccc(C(=O)C(=O)O)c1. The number of rotatable bonds is 5. The van der Waals surface area contributed by atoms with E-state index < -0.39 is 11.8 Å². The van der Waals surface area contributed by atoms with Crippen molar-refractivity contribution < 1.29 is 19.4 Å². The molecule has 0 fully saturated rings. The molecule has 1 aromatic carbocycles. The molecule has 15 heavy (non-hydrogen) atoms. The number of carbonyl (C=O) groups is 2. The summed E-state index contributed by atoms with van der Waals surface area (Å²) < 4.78 is 4.89. The maximum absolute atomic E-state index is 11.1. The van der Waals surface area contributed by atoms with Gasteiger partial charge in [-0.2, -0.15) is 0 Å². The predicted octanol–water partition coefficient (Wildman–Crippen LogP) is 1.14. The first-order chi connectivity index (χ1) is 7.15. The normalized spacial score (nSPS) is 9.93. The maximum Gasteiger partial charge on any atom is 0.377 e. The van der Waals surface area contributed by atoms with Gasteiger partial charge in [0.15, 0.2) is 0 Å². The van der Waals surface area contributed by atoms with E-state index in [4.69, 9.17) is 9.84 Å². The largest absolute Gasteiger partial charge is 0.475 e. The highest BCUT2D eigenvalue weighted by Crippen LogP contribution is 2.07. The molecular weight excluding hydrogens is 196 g/mol. The summed E-state index contributed by atoms with van der Waals surface area (Å²) in [4.78, 5) is 21.6. The summed E-state index contributed by atoms with van der Waals surface area (Å²) in [5.74, 6) is -2.31. The molecule has 0 saturated heterocycles. The van der Waals surface area contributed by atoms with Gasteiger partial charge in [-0.25, -0.2) is 4.79 Å². The van der Waals surface area contributed by atoms with Crippen molar-refractivity contribution in [2.45, 2.75) is 6.42 Å². The highest BCUT2D eigenvalue weighted by Gasteiger charge is 2.14. The molecule has 0 unspecified atom stereocenters. The average Bonchev–Trinajstić information content (AvgIpc) is 2.25. The number of Topliss-reactive ketones (excluding diaryl/α,β-unsaturated/α-hetero) is 1. The highest BCUT2D eigenvalue weighted by molar-refractivity contribution is 6.39. The van der Waals surface area contributed by atoms with E-state index in [1.807, 2.05) is 6.07 Å². The summed E-state index contributed by atoms with van der Waals surface area (Å²) in [6.07, 6.45) is 0.664. The lowest BCUT2D eigenvalue weighted by atomic mass is 10.1. The van der Waals surface area contributed by atoms with E-state index in [9.17, 15) is 9.59 Å². The van der Waals surface area contributed by atoms with Crippen LogP contribution in [0.15, 0.2) is 24.3 Å². The van der Waals surface area contributed by atoms with Crippen LogP contribution in [0.3, 0.4) is 0 Å². The number of aliphatic carboxylic acids is 1. The monoisotopic (exact) mass is 208 g/mol. The third-order valence-electron chi connectivity index (χ3n) is 1.98. The standard InChI is InChI=1S/C11H12O4/c1-15-6-5-8-3-2-4-9(7-8)10(12)11(13)14/h2-4,7H,5-6H2,1H3,(H,13,14). The van der Waals surface area contributed by atoms with Gasteiger partial charge in [0.05, 0.1) is 6.61 Å². The van der Waals surface area contributed by atoms with Gasteiger partial charge in [0.1, 0.15) is 0 Å². The van der Waals surface area contributed by atoms with Gasteiger partial charge in [0.25, 0.3) is 5.78 Å². The third kappa shape index (κ3) is 3.18. The molecule has 0 aliphatic rings. The molecule has 0 heterocycles. The fourth-order valence-electron chi connectivity index (χ4n) is 1.21. The molecule has 0 aromatic heterocycles. The van der Waals surface area contributed by atoms with Gasteiger partial charge in [-0.05, 0) is 18.1 Å². The number of methoxy groups -OCH3 is 1.